The Hall–Kier alpha value is -3.28. The van der Waals surface area contributed by atoms with Crippen molar-refractivity contribution in [1.29, 1.82) is 0 Å². The van der Waals surface area contributed by atoms with Crippen LogP contribution in [0.15, 0.2) is 61.9 Å². The van der Waals surface area contributed by atoms with Crippen LogP contribution in [-0.4, -0.2) is 38.5 Å². The Labute approximate surface area is 228 Å². The summed E-state index contributed by atoms with van der Waals surface area (Å²) in [6, 6.07) is 8.90. The van der Waals surface area contributed by atoms with Gasteiger partial charge < -0.3 is 10.0 Å². The summed E-state index contributed by atoms with van der Waals surface area (Å²) in [5, 5.41) is 21.9. The van der Waals surface area contributed by atoms with Crippen molar-refractivity contribution in [3.8, 4) is 5.75 Å². The van der Waals surface area contributed by atoms with Crippen molar-refractivity contribution in [1.82, 2.24) is 9.47 Å². The number of aromatic nitrogens is 1. The van der Waals surface area contributed by atoms with E-state index in [1.807, 2.05) is 13.8 Å². The Bertz CT molecular complexity index is 1620. The van der Waals surface area contributed by atoms with E-state index in [-0.39, 0.29) is 14.9 Å². The number of phenols is 1. The number of allylic oxidation sites excluding steroid dienone is 1. The van der Waals surface area contributed by atoms with Crippen LogP contribution in [0.5, 0.6) is 5.75 Å². The van der Waals surface area contributed by atoms with Crippen LogP contribution in [0.25, 0.3) is 6.08 Å². The van der Waals surface area contributed by atoms with Gasteiger partial charge in [-0.3, -0.25) is 24.3 Å². The Morgan fingerprint density at radius 1 is 1.30 bits per heavy atom. The fraction of sp³-hybridized carbons (Fsp3) is 0.240. The largest absolute Gasteiger partial charge is 0.501 e. The minimum absolute atomic E-state index is 0.128. The number of halogens is 2. The molecule has 0 spiro atoms. The smallest absolute Gasteiger partial charge is 0.312 e. The standard InChI is InChI=1S/C25H22BrClN4O5S/c1-4-29(5-2)24(34)20-13(3)28-25-30(21(20)15-6-8-16(27)9-7-15)23(33)19(37-25)12-14-10-17(26)22(32)18(11-14)31(35)36/h6-12,21,32H,4-5H2,1-3H3/b19-12+/t21-/m1/s1. The summed E-state index contributed by atoms with van der Waals surface area (Å²) >= 11 is 10.4. The Balaban J connectivity index is 1.97. The number of rotatable bonds is 6. The van der Waals surface area contributed by atoms with Crippen molar-refractivity contribution in [3.63, 3.8) is 0 Å². The van der Waals surface area contributed by atoms with Gasteiger partial charge in [0.1, 0.15) is 0 Å². The first-order valence-electron chi connectivity index (χ1n) is 11.3. The topological polar surface area (TPSA) is 118 Å². The first kappa shape index (κ1) is 26.8. The third-order valence-electron chi connectivity index (χ3n) is 6.05. The van der Waals surface area contributed by atoms with Gasteiger partial charge in [0.05, 0.1) is 31.2 Å². The Morgan fingerprint density at radius 2 is 1.95 bits per heavy atom. The second kappa shape index (κ2) is 10.6. The maximum absolute atomic E-state index is 13.7. The number of phenolic OH excluding ortho intramolecular Hbond substituents is 1. The summed E-state index contributed by atoms with van der Waals surface area (Å²) < 4.78 is 1.88. The number of nitro benzene ring substituents is 1. The molecule has 1 atom stereocenters. The van der Waals surface area contributed by atoms with Crippen molar-refractivity contribution in [3.05, 3.63) is 98.1 Å². The van der Waals surface area contributed by atoms with Crippen molar-refractivity contribution in [2.45, 2.75) is 26.8 Å². The summed E-state index contributed by atoms with van der Waals surface area (Å²) in [7, 11) is 0. The molecule has 1 aliphatic rings. The lowest BCUT2D eigenvalue weighted by molar-refractivity contribution is -0.386. The van der Waals surface area contributed by atoms with Crippen molar-refractivity contribution in [2.75, 3.05) is 13.1 Å². The van der Waals surface area contributed by atoms with Crippen LogP contribution >= 0.6 is 38.9 Å². The van der Waals surface area contributed by atoms with Crippen molar-refractivity contribution < 1.29 is 14.8 Å². The first-order chi connectivity index (χ1) is 17.6. The highest BCUT2D eigenvalue weighted by Gasteiger charge is 2.34. The molecule has 4 rings (SSSR count). The van der Waals surface area contributed by atoms with Gasteiger partial charge in [-0.2, -0.15) is 0 Å². The number of hydrogen-bond donors (Lipinski definition) is 1. The molecule has 37 heavy (non-hydrogen) atoms. The van der Waals surface area contributed by atoms with Crippen LogP contribution in [0.3, 0.4) is 0 Å². The van der Waals surface area contributed by atoms with Gasteiger partial charge >= 0.3 is 5.69 Å². The minimum Gasteiger partial charge on any atom is -0.501 e. The van der Waals surface area contributed by atoms with Gasteiger partial charge in [0.15, 0.2) is 4.80 Å². The number of amides is 1. The molecular weight excluding hydrogens is 584 g/mol. The zero-order valence-corrected chi connectivity index (χ0v) is 23.2. The fourth-order valence-corrected chi connectivity index (χ4v) is 5.86. The van der Waals surface area contributed by atoms with Crippen LogP contribution in [0, 0.1) is 10.1 Å². The van der Waals surface area contributed by atoms with Crippen LogP contribution in [0.1, 0.15) is 37.9 Å². The molecule has 2 heterocycles. The van der Waals surface area contributed by atoms with Gasteiger partial charge in [-0.15, -0.1) is 0 Å². The molecule has 1 aromatic heterocycles. The average Bonchev–Trinajstić information content (AvgIpc) is 3.15. The van der Waals surface area contributed by atoms with Gasteiger partial charge in [-0.25, -0.2) is 4.99 Å². The normalized spacial score (nSPS) is 15.4. The SMILES string of the molecule is CCN(CC)C(=O)C1=C(C)N=c2s/c(=C/c3cc(Br)c(O)c([N+](=O)[O-])c3)c(=O)n2[C@@H]1c1ccc(Cl)cc1. The molecule has 1 amide bonds. The van der Waals surface area contributed by atoms with Gasteiger partial charge in [0.2, 0.25) is 5.75 Å². The molecule has 0 saturated carbocycles. The number of fused-ring (bicyclic) bond motifs is 1. The lowest BCUT2D eigenvalue weighted by Gasteiger charge is -2.29. The van der Waals surface area contributed by atoms with E-state index >= 15 is 0 Å². The lowest BCUT2D eigenvalue weighted by Crippen LogP contribution is -2.43. The van der Waals surface area contributed by atoms with Gasteiger partial charge in [-0.1, -0.05) is 35.1 Å². The van der Waals surface area contributed by atoms with E-state index in [2.05, 4.69) is 20.9 Å². The van der Waals surface area contributed by atoms with Gasteiger partial charge in [0.25, 0.3) is 11.5 Å². The molecule has 9 nitrogen and oxygen atoms in total. The molecule has 12 heteroatoms. The summed E-state index contributed by atoms with van der Waals surface area (Å²) in [4.78, 5) is 44.7. The van der Waals surface area contributed by atoms with Crippen LogP contribution < -0.4 is 14.9 Å². The molecule has 0 aliphatic carbocycles. The average molecular weight is 606 g/mol. The predicted molar refractivity (Wildman–Crippen MR) is 146 cm³/mol. The Morgan fingerprint density at radius 3 is 2.54 bits per heavy atom. The molecule has 1 aliphatic heterocycles. The second-order valence-electron chi connectivity index (χ2n) is 8.24. The van der Waals surface area contributed by atoms with E-state index < -0.39 is 28.0 Å². The van der Waals surface area contributed by atoms with Crippen LogP contribution in [-0.2, 0) is 4.79 Å². The second-order valence-corrected chi connectivity index (χ2v) is 10.5. The van der Waals surface area contributed by atoms with Gasteiger partial charge in [0, 0.05) is 24.2 Å². The summed E-state index contributed by atoms with van der Waals surface area (Å²) in [5.41, 5.74) is 1.06. The van der Waals surface area contributed by atoms with E-state index in [9.17, 15) is 24.8 Å². The highest BCUT2D eigenvalue weighted by Crippen LogP contribution is 2.35. The molecule has 0 radical (unpaired) electrons. The summed E-state index contributed by atoms with van der Waals surface area (Å²) in [6.07, 6.45) is 1.51. The quantitative estimate of drug-likeness (QED) is 0.335. The van der Waals surface area contributed by atoms with Crippen molar-refractivity contribution >= 4 is 56.5 Å². The first-order valence-corrected chi connectivity index (χ1v) is 13.3. The number of hydrogen-bond acceptors (Lipinski definition) is 7. The molecule has 0 fully saturated rings. The number of thiazole rings is 1. The number of aromatic hydroxyl groups is 1. The third-order valence-corrected chi connectivity index (χ3v) is 7.89. The van der Waals surface area contributed by atoms with Crippen LogP contribution in [0.2, 0.25) is 5.02 Å². The number of carbonyl (C=O) groups is 1. The fourth-order valence-electron chi connectivity index (χ4n) is 4.22. The van der Waals surface area contributed by atoms with Crippen LogP contribution in [0.4, 0.5) is 5.69 Å². The zero-order chi connectivity index (χ0) is 27.0. The van der Waals surface area contributed by atoms with E-state index in [1.54, 1.807) is 36.1 Å². The molecular formula is C25H22BrClN4O5S. The van der Waals surface area contributed by atoms with Gasteiger partial charge in [-0.05, 0) is 72.1 Å². The van der Waals surface area contributed by atoms with E-state index in [0.29, 0.717) is 45.3 Å². The van der Waals surface area contributed by atoms with E-state index in [4.69, 9.17) is 11.6 Å². The molecule has 0 unspecified atom stereocenters. The maximum atomic E-state index is 13.7. The van der Waals surface area contributed by atoms with E-state index in [0.717, 1.165) is 11.3 Å². The lowest BCUT2D eigenvalue weighted by atomic mass is 9.94. The molecule has 1 N–H and O–H groups in total. The number of likely N-dealkylation sites (N-methyl/N-ethyl adjacent to an activating group) is 1. The number of benzene rings is 2. The molecule has 3 aromatic rings. The predicted octanol–water partition coefficient (Wildman–Crippen LogP) is 4.13. The Kier molecular flexibility index (Phi) is 7.67. The van der Waals surface area contributed by atoms with Crippen molar-refractivity contribution in [2.24, 2.45) is 4.99 Å². The van der Waals surface area contributed by atoms with E-state index in [1.165, 1.54) is 22.8 Å². The molecule has 0 saturated heterocycles. The molecule has 2 aromatic carbocycles. The highest BCUT2D eigenvalue weighted by atomic mass is 79.9. The number of nitro groups is 1. The highest BCUT2D eigenvalue weighted by molar-refractivity contribution is 9.10. The monoisotopic (exact) mass is 604 g/mol. The zero-order valence-electron chi connectivity index (χ0n) is 20.1. The number of nitrogens with zero attached hydrogens (tertiary/aromatic N) is 4. The summed E-state index contributed by atoms with van der Waals surface area (Å²) in [5.74, 6) is -0.708. The number of carbonyl (C=O) groups excluding carboxylic acids is 1. The third kappa shape index (κ3) is 4.98. The molecule has 192 valence electrons. The molecule has 0 bridgehead atoms. The maximum Gasteiger partial charge on any atom is 0.312 e. The summed E-state index contributed by atoms with van der Waals surface area (Å²) in [6.45, 7) is 6.52. The minimum atomic E-state index is -0.732.